The van der Waals surface area contributed by atoms with E-state index < -0.39 is 45.0 Å². The minimum absolute atomic E-state index is 0.258. The van der Waals surface area contributed by atoms with Crippen molar-refractivity contribution >= 4 is 73.3 Å². The van der Waals surface area contributed by atoms with Crippen molar-refractivity contribution in [1.29, 1.82) is 0 Å². The molecule has 8 nitrogen and oxygen atoms in total. The first-order valence-corrected chi connectivity index (χ1v) is 19.9. The van der Waals surface area contributed by atoms with Gasteiger partial charge in [-0.1, -0.05) is 0 Å². The molecule has 0 heterocycles. The number of carbonyl (C=O) groups excluding carboxylic acids is 4. The molecule has 0 amide bonds. The third kappa shape index (κ3) is 22.4. The van der Waals surface area contributed by atoms with E-state index in [2.05, 4.69) is 121 Å². The van der Waals surface area contributed by atoms with E-state index in [0.29, 0.717) is 24.3 Å². The normalized spacial score (nSPS) is 9.45. The van der Waals surface area contributed by atoms with Crippen LogP contribution in [0.5, 0.6) is 0 Å². The van der Waals surface area contributed by atoms with Gasteiger partial charge in [-0.3, -0.25) is 0 Å². The summed E-state index contributed by atoms with van der Waals surface area (Å²) in [5.41, 5.74) is 3.03. The van der Waals surface area contributed by atoms with E-state index in [4.69, 9.17) is 0 Å². The first-order valence-electron chi connectivity index (χ1n) is 13.0. The zero-order valence-electron chi connectivity index (χ0n) is 23.5. The fourth-order valence-electron chi connectivity index (χ4n) is 3.02. The second-order valence-electron chi connectivity index (χ2n) is 8.37. The number of carboxylic acid groups (broad SMARTS) is 4. The van der Waals surface area contributed by atoms with Crippen LogP contribution in [0.4, 0.5) is 0 Å². The van der Waals surface area contributed by atoms with Crippen molar-refractivity contribution in [3.8, 4) is 0 Å². The van der Waals surface area contributed by atoms with Gasteiger partial charge in [-0.2, -0.15) is 0 Å². The average Bonchev–Trinajstić information content (AvgIpc) is 3.02. The van der Waals surface area contributed by atoms with E-state index in [9.17, 15) is 39.6 Å². The molecule has 4 aromatic carbocycles. The van der Waals surface area contributed by atoms with Crippen LogP contribution >= 0.6 is 0 Å². The van der Waals surface area contributed by atoms with E-state index in [1.807, 2.05) is 0 Å². The van der Waals surface area contributed by atoms with Gasteiger partial charge in [0.1, 0.15) is 0 Å². The summed E-state index contributed by atoms with van der Waals surface area (Å²) < 4.78 is 5.77. The van der Waals surface area contributed by atoms with Crippen molar-refractivity contribution in [2.75, 3.05) is 0 Å². The number of hydrogen-bond acceptors (Lipinski definition) is 8. The van der Waals surface area contributed by atoms with Gasteiger partial charge < -0.3 is 39.6 Å². The summed E-state index contributed by atoms with van der Waals surface area (Å²) in [6.45, 7) is 0. The molecule has 0 radical (unpaired) electrons. The molecule has 0 unspecified atom stereocenters. The molecule has 44 heavy (non-hydrogen) atoms. The molecule has 220 valence electrons. The SMILES string of the molecule is O=C([O-])/C=C\C(=O)[O-].O=C([O-])/C=C\C(=O)[O-].c1cc[c]([Sn+2][c]2ccccc2)cc1.c1ccc([CH2][Sn+2][CH2]c2ccccc2)cc1. The molecular formula is C34H28O8Sn2. The van der Waals surface area contributed by atoms with Gasteiger partial charge in [0.2, 0.25) is 0 Å². The van der Waals surface area contributed by atoms with Crippen LogP contribution in [0.2, 0.25) is 0 Å². The van der Waals surface area contributed by atoms with Crippen LogP contribution in [-0.4, -0.2) is 66.2 Å². The molecule has 0 bridgehead atoms. The number of hydrogen-bond donors (Lipinski definition) is 0. The molecule has 0 aliphatic rings. The Balaban J connectivity index is 0.000000306. The molecule has 0 aliphatic heterocycles. The summed E-state index contributed by atoms with van der Waals surface area (Å²) >= 11 is -0.775. The van der Waals surface area contributed by atoms with Crippen LogP contribution in [0.15, 0.2) is 146 Å². The molecule has 0 spiro atoms. The van der Waals surface area contributed by atoms with E-state index >= 15 is 0 Å². The zero-order valence-corrected chi connectivity index (χ0v) is 29.2. The fourth-order valence-corrected chi connectivity index (χ4v) is 9.38. The third-order valence-electron chi connectivity index (χ3n) is 4.89. The monoisotopic (exact) mass is 804 g/mol. The van der Waals surface area contributed by atoms with Gasteiger partial charge in [-0.25, -0.2) is 0 Å². The molecule has 4 aromatic rings. The topological polar surface area (TPSA) is 161 Å². The first kappa shape index (κ1) is 37.9. The summed E-state index contributed by atoms with van der Waals surface area (Å²) in [4.78, 5) is 37.7. The third-order valence-corrected chi connectivity index (χ3v) is 12.2. The van der Waals surface area contributed by atoms with Crippen LogP contribution in [0.3, 0.4) is 0 Å². The number of aliphatic carboxylic acids is 4. The Kier molecular flexibility index (Phi) is 20.9. The van der Waals surface area contributed by atoms with Crippen LogP contribution < -0.4 is 27.6 Å². The molecule has 0 fully saturated rings. The summed E-state index contributed by atoms with van der Waals surface area (Å²) in [6.07, 6.45) is 1.54. The predicted octanol–water partition coefficient (Wildman–Crippen LogP) is -1.48. The first-order chi connectivity index (χ1) is 21.2. The minimum atomic E-state index is -1.55. The van der Waals surface area contributed by atoms with Crippen molar-refractivity contribution in [2.45, 2.75) is 8.87 Å². The van der Waals surface area contributed by atoms with Gasteiger partial charge in [0.25, 0.3) is 0 Å². The second-order valence-corrected chi connectivity index (χ2v) is 15.8. The Morgan fingerprint density at radius 1 is 0.432 bits per heavy atom. The number of rotatable bonds is 10. The maximum atomic E-state index is 9.41. The summed E-state index contributed by atoms with van der Waals surface area (Å²) in [5.74, 6) is -6.19. The number of benzene rings is 4. The molecule has 0 N–H and O–H groups in total. The zero-order chi connectivity index (χ0) is 32.4. The molecule has 4 rings (SSSR count). The maximum absolute atomic E-state index is 9.41. The Bertz CT molecular complexity index is 1300. The summed E-state index contributed by atoms with van der Waals surface area (Å²) in [5, 5.41) is 37.7. The molecular weight excluding hydrogens is 774 g/mol. The molecule has 0 aromatic heterocycles. The van der Waals surface area contributed by atoms with Crippen molar-refractivity contribution in [3.63, 3.8) is 0 Å². The average molecular weight is 802 g/mol. The second kappa shape index (κ2) is 24.3. The summed E-state index contributed by atoms with van der Waals surface area (Å²) in [6, 6.07) is 43.3. The van der Waals surface area contributed by atoms with Crippen molar-refractivity contribution in [2.24, 2.45) is 0 Å². The van der Waals surface area contributed by atoms with Gasteiger partial charge in [0, 0.05) is 0 Å². The Hall–Kier alpha value is -4.16. The van der Waals surface area contributed by atoms with Crippen LogP contribution in [-0.2, 0) is 28.1 Å². The summed E-state index contributed by atoms with van der Waals surface area (Å²) in [7, 11) is 0. The van der Waals surface area contributed by atoms with Crippen LogP contribution in [0, 0.1) is 0 Å². The fraction of sp³-hybridized carbons (Fsp3) is 0.0588. The van der Waals surface area contributed by atoms with E-state index in [1.165, 1.54) is 27.2 Å². The Morgan fingerprint density at radius 3 is 0.932 bits per heavy atom. The Morgan fingerprint density at radius 2 is 0.682 bits per heavy atom. The molecule has 10 heteroatoms. The molecule has 0 saturated heterocycles. The van der Waals surface area contributed by atoms with Crippen molar-refractivity contribution in [1.82, 2.24) is 0 Å². The Labute approximate surface area is 276 Å². The quantitative estimate of drug-likeness (QED) is 0.139. The van der Waals surface area contributed by atoms with Crippen molar-refractivity contribution < 1.29 is 39.6 Å². The van der Waals surface area contributed by atoms with Gasteiger partial charge >= 0.3 is 191 Å². The van der Waals surface area contributed by atoms with E-state index in [-0.39, 0.29) is 21.1 Å². The standard InChI is InChI=1S/2C7H7.2C6H5.2C4H4O4.2Sn/c2*1-7-5-3-2-4-6-7;2*1-2-4-6-5-3-1;2*5-3(6)1-2-4(7)8;;/h2*2-6H,1H2;2*1-5H;2*1-2H,(H,5,6)(H,7,8);;/q;;;;;;2*+2/p-4/b;;;;2*2-1-;;. The van der Waals surface area contributed by atoms with Gasteiger partial charge in [-0.15, -0.1) is 0 Å². The predicted molar refractivity (Wildman–Crippen MR) is 162 cm³/mol. The van der Waals surface area contributed by atoms with Crippen molar-refractivity contribution in [3.05, 3.63) is 157 Å². The van der Waals surface area contributed by atoms with Gasteiger partial charge in [0.15, 0.2) is 0 Å². The van der Waals surface area contributed by atoms with E-state index in [0.717, 1.165) is 0 Å². The molecule has 0 atom stereocenters. The number of carboxylic acids is 4. The van der Waals surface area contributed by atoms with Gasteiger partial charge in [-0.05, 0) is 24.3 Å². The van der Waals surface area contributed by atoms with Gasteiger partial charge in [0.05, 0.1) is 23.9 Å². The van der Waals surface area contributed by atoms with Crippen LogP contribution in [0.25, 0.3) is 0 Å². The van der Waals surface area contributed by atoms with E-state index in [1.54, 1.807) is 0 Å². The molecule has 0 saturated carbocycles. The van der Waals surface area contributed by atoms with Crippen LogP contribution in [0.1, 0.15) is 11.1 Å². The number of carbonyl (C=O) groups is 4. The molecule has 0 aliphatic carbocycles.